The fraction of sp³-hybridized carbons (Fsp3) is 0.393. The van der Waals surface area contributed by atoms with Crippen molar-refractivity contribution >= 4 is 11.6 Å². The number of hydrogen-bond donors (Lipinski definition) is 1. The van der Waals surface area contributed by atoms with Crippen molar-refractivity contribution in [1.82, 2.24) is 9.55 Å². The summed E-state index contributed by atoms with van der Waals surface area (Å²) in [6.45, 7) is 11.2. The topological polar surface area (TPSA) is 72.0 Å². The van der Waals surface area contributed by atoms with Crippen LogP contribution in [0.15, 0.2) is 47.3 Å². The molecule has 2 aromatic carbocycles. The van der Waals surface area contributed by atoms with Crippen LogP contribution >= 0.6 is 0 Å². The van der Waals surface area contributed by atoms with Gasteiger partial charge in [-0.1, -0.05) is 31.2 Å². The minimum atomic E-state index is -0.636. The number of aromatic nitrogens is 2. The molecule has 36 heavy (non-hydrogen) atoms. The van der Waals surface area contributed by atoms with E-state index in [1.54, 1.807) is 30.3 Å². The van der Waals surface area contributed by atoms with Crippen molar-refractivity contribution in [2.45, 2.75) is 38.6 Å². The number of ether oxygens (including phenoxy) is 1. The highest BCUT2D eigenvalue weighted by molar-refractivity contribution is 5.82. The molecule has 2 heterocycles. The normalized spacial score (nSPS) is 16.1. The van der Waals surface area contributed by atoms with Crippen molar-refractivity contribution in [3.05, 3.63) is 70.1 Å². The molecule has 1 aliphatic heterocycles. The summed E-state index contributed by atoms with van der Waals surface area (Å²) >= 11 is 0. The lowest BCUT2D eigenvalue weighted by Crippen LogP contribution is -2.38. The second-order valence-corrected chi connectivity index (χ2v) is 9.59. The van der Waals surface area contributed by atoms with Gasteiger partial charge in [0.1, 0.15) is 18.2 Å². The van der Waals surface area contributed by atoms with Gasteiger partial charge in [0.2, 0.25) is 11.6 Å². The van der Waals surface area contributed by atoms with E-state index in [4.69, 9.17) is 21.4 Å². The van der Waals surface area contributed by atoms with Gasteiger partial charge in [0.25, 0.3) is 5.56 Å². The molecular formula is C28H29FN4O3. The van der Waals surface area contributed by atoms with E-state index < -0.39 is 5.82 Å². The van der Waals surface area contributed by atoms with E-state index in [1.807, 2.05) is 4.57 Å². The van der Waals surface area contributed by atoms with Crippen LogP contribution in [0.4, 0.5) is 16.0 Å². The van der Waals surface area contributed by atoms with Crippen LogP contribution in [0.2, 0.25) is 0 Å². The van der Waals surface area contributed by atoms with Crippen molar-refractivity contribution in [2.24, 2.45) is 5.92 Å². The van der Waals surface area contributed by atoms with Crippen molar-refractivity contribution in [3.8, 4) is 28.1 Å². The van der Waals surface area contributed by atoms with E-state index in [9.17, 15) is 9.18 Å². The lowest BCUT2D eigenvalue weighted by atomic mass is 9.98. The molecule has 0 amide bonds. The van der Waals surface area contributed by atoms with Gasteiger partial charge in [0.05, 0.1) is 24.4 Å². The number of anilines is 1. The first-order valence-corrected chi connectivity index (χ1v) is 12.4. The standard InChI is InChI=1S/C28H29FN4O3/c1-18-11-13-32(14-12-18)28-31-26(20-5-10-24(30-2)23(29)17-20)25(27(35)33(28)21-6-7-21)19-3-8-22(9-4-19)36-16-15-34/h3-5,8-10,17-18,21,34H,6-7,11-16H2,1H3. The third-order valence-corrected chi connectivity index (χ3v) is 6.92. The third kappa shape index (κ3) is 4.71. The summed E-state index contributed by atoms with van der Waals surface area (Å²) in [5.41, 5.74) is 1.71. The number of benzene rings is 2. The average molecular weight is 489 g/mol. The van der Waals surface area contributed by atoms with Crippen LogP contribution < -0.4 is 15.2 Å². The van der Waals surface area contributed by atoms with Crippen LogP contribution in [0.25, 0.3) is 27.2 Å². The highest BCUT2D eigenvalue weighted by Gasteiger charge is 2.33. The summed E-state index contributed by atoms with van der Waals surface area (Å²) in [7, 11) is 0. The molecule has 1 aliphatic carbocycles. The lowest BCUT2D eigenvalue weighted by molar-refractivity contribution is 0.201. The molecule has 0 unspecified atom stereocenters. The predicted octanol–water partition coefficient (Wildman–Crippen LogP) is 5.21. The van der Waals surface area contributed by atoms with Gasteiger partial charge in [-0.2, -0.15) is 0 Å². The number of hydrogen-bond acceptors (Lipinski definition) is 5. The maximum atomic E-state index is 14.7. The summed E-state index contributed by atoms with van der Waals surface area (Å²) in [4.78, 5) is 24.6. The Morgan fingerprint density at radius 2 is 1.81 bits per heavy atom. The van der Waals surface area contributed by atoms with Crippen molar-refractivity contribution in [2.75, 3.05) is 31.2 Å². The number of rotatable bonds is 7. The van der Waals surface area contributed by atoms with E-state index in [0.29, 0.717) is 40.0 Å². The van der Waals surface area contributed by atoms with Crippen molar-refractivity contribution in [3.63, 3.8) is 0 Å². The Morgan fingerprint density at radius 3 is 2.42 bits per heavy atom. The van der Waals surface area contributed by atoms with Crippen molar-refractivity contribution < 1.29 is 14.2 Å². The van der Waals surface area contributed by atoms with Crippen LogP contribution in [0.1, 0.15) is 38.6 Å². The fourth-order valence-corrected chi connectivity index (χ4v) is 4.71. The fourth-order valence-electron chi connectivity index (χ4n) is 4.71. The maximum Gasteiger partial charge on any atom is 0.263 e. The molecule has 0 spiro atoms. The highest BCUT2D eigenvalue weighted by atomic mass is 19.1. The molecule has 0 bridgehead atoms. The molecule has 2 aliphatic rings. The number of piperidine rings is 1. The van der Waals surface area contributed by atoms with Gasteiger partial charge in [-0.05, 0) is 55.4 Å². The quantitative estimate of drug-likeness (QED) is 0.463. The van der Waals surface area contributed by atoms with E-state index in [1.165, 1.54) is 12.1 Å². The number of aliphatic hydroxyl groups is 1. The first-order valence-electron chi connectivity index (χ1n) is 12.4. The minimum absolute atomic E-state index is 0.0674. The largest absolute Gasteiger partial charge is 0.491 e. The Balaban J connectivity index is 1.70. The molecule has 1 saturated carbocycles. The Kier molecular flexibility index (Phi) is 6.75. The highest BCUT2D eigenvalue weighted by Crippen LogP contribution is 2.40. The Labute approximate surface area is 209 Å². The van der Waals surface area contributed by atoms with E-state index in [2.05, 4.69) is 16.7 Å². The molecule has 5 rings (SSSR count). The number of aliphatic hydroxyl groups excluding tert-OH is 1. The van der Waals surface area contributed by atoms with Gasteiger partial charge in [-0.15, -0.1) is 0 Å². The van der Waals surface area contributed by atoms with Crippen LogP contribution in [-0.2, 0) is 0 Å². The van der Waals surface area contributed by atoms with E-state index in [0.717, 1.165) is 38.8 Å². The monoisotopic (exact) mass is 488 g/mol. The van der Waals surface area contributed by atoms with Gasteiger partial charge in [-0.3, -0.25) is 9.36 Å². The molecule has 0 atom stereocenters. The lowest BCUT2D eigenvalue weighted by Gasteiger charge is -2.33. The summed E-state index contributed by atoms with van der Waals surface area (Å²) in [6, 6.07) is 11.6. The summed E-state index contributed by atoms with van der Waals surface area (Å²) in [5, 5.41) is 9.02. The van der Waals surface area contributed by atoms with Gasteiger partial charge < -0.3 is 14.7 Å². The Bertz CT molecular complexity index is 1350. The van der Waals surface area contributed by atoms with E-state index >= 15 is 0 Å². The molecule has 8 heteroatoms. The van der Waals surface area contributed by atoms with Crippen LogP contribution in [0.5, 0.6) is 5.75 Å². The first kappa shape index (κ1) is 24.0. The number of nitrogens with zero attached hydrogens (tertiary/aromatic N) is 4. The SMILES string of the molecule is [C-]#[N+]c1ccc(-c2nc(N3CCC(C)CC3)n(C3CC3)c(=O)c2-c2ccc(OCCO)cc2)cc1F. The van der Waals surface area contributed by atoms with Gasteiger partial charge in [0, 0.05) is 24.7 Å². The minimum Gasteiger partial charge on any atom is -0.491 e. The van der Waals surface area contributed by atoms with E-state index in [-0.39, 0.29) is 30.5 Å². The summed E-state index contributed by atoms with van der Waals surface area (Å²) in [6.07, 6.45) is 3.92. The maximum absolute atomic E-state index is 14.7. The summed E-state index contributed by atoms with van der Waals surface area (Å²) in [5.74, 6) is 1.22. The Morgan fingerprint density at radius 1 is 1.11 bits per heavy atom. The molecular weight excluding hydrogens is 459 g/mol. The van der Waals surface area contributed by atoms with Crippen LogP contribution in [-0.4, -0.2) is 41.0 Å². The molecule has 2 fully saturated rings. The van der Waals surface area contributed by atoms with Gasteiger partial charge in [0.15, 0.2) is 0 Å². The smallest absolute Gasteiger partial charge is 0.263 e. The molecule has 1 N–H and O–H groups in total. The van der Waals surface area contributed by atoms with Crippen LogP contribution in [0, 0.1) is 18.3 Å². The molecule has 186 valence electrons. The van der Waals surface area contributed by atoms with Crippen molar-refractivity contribution in [1.29, 1.82) is 0 Å². The van der Waals surface area contributed by atoms with Gasteiger partial charge in [-0.25, -0.2) is 14.2 Å². The zero-order valence-corrected chi connectivity index (χ0v) is 20.3. The molecule has 1 aromatic heterocycles. The zero-order chi connectivity index (χ0) is 25.2. The molecule has 1 saturated heterocycles. The Hall–Kier alpha value is -3.70. The van der Waals surface area contributed by atoms with Gasteiger partial charge >= 0.3 is 0 Å². The molecule has 3 aromatic rings. The first-order chi connectivity index (χ1) is 17.5. The molecule has 7 nitrogen and oxygen atoms in total. The third-order valence-electron chi connectivity index (χ3n) is 6.92. The number of halogens is 1. The molecule has 0 radical (unpaired) electrons. The average Bonchev–Trinajstić information content (AvgIpc) is 3.73. The second kappa shape index (κ2) is 10.1. The van der Waals surface area contributed by atoms with Crippen LogP contribution in [0.3, 0.4) is 0 Å². The predicted molar refractivity (Wildman–Crippen MR) is 137 cm³/mol. The second-order valence-electron chi connectivity index (χ2n) is 9.59. The zero-order valence-electron chi connectivity index (χ0n) is 20.3. The summed E-state index contributed by atoms with van der Waals surface area (Å²) < 4.78 is 22.0.